The molecule has 1 heterocycles. The molecule has 0 aromatic carbocycles. The van der Waals surface area contributed by atoms with Crippen molar-refractivity contribution in [3.05, 3.63) is 11.6 Å². The van der Waals surface area contributed by atoms with Gasteiger partial charge >= 0.3 is 0 Å². The molecule has 2 rings (SSSR count). The Bertz CT molecular complexity index is 676. The van der Waals surface area contributed by atoms with Crippen molar-refractivity contribution in [3.63, 3.8) is 0 Å². The van der Waals surface area contributed by atoms with Crippen molar-refractivity contribution in [2.24, 2.45) is 5.41 Å². The Labute approximate surface area is 171 Å². The highest BCUT2D eigenvalue weighted by molar-refractivity contribution is 7.13. The Kier molecular flexibility index (Phi) is 7.57. The fraction of sp³-hybridized carbons (Fsp3) is 0.700. The Hall–Kier alpha value is -1.96. The zero-order valence-corrected chi connectivity index (χ0v) is 18.2. The highest BCUT2D eigenvalue weighted by atomic mass is 32.1. The van der Waals surface area contributed by atoms with Crippen LogP contribution >= 0.6 is 11.3 Å². The zero-order valence-electron chi connectivity index (χ0n) is 17.3. The normalized spacial score (nSPS) is 16.3. The van der Waals surface area contributed by atoms with Gasteiger partial charge in [0.2, 0.25) is 17.7 Å². The van der Waals surface area contributed by atoms with E-state index in [0.29, 0.717) is 11.6 Å². The van der Waals surface area contributed by atoms with Crippen molar-refractivity contribution < 1.29 is 14.4 Å². The summed E-state index contributed by atoms with van der Waals surface area (Å²) < 4.78 is 0. The summed E-state index contributed by atoms with van der Waals surface area (Å²) in [7, 11) is 1.65. The topological polar surface area (TPSA) is 91.4 Å². The number of nitrogens with zero attached hydrogens (tertiary/aromatic N) is 2. The number of thiazole rings is 1. The van der Waals surface area contributed by atoms with Crippen LogP contribution in [0.25, 0.3) is 0 Å². The van der Waals surface area contributed by atoms with Gasteiger partial charge in [-0.15, -0.1) is 11.3 Å². The third-order valence-corrected chi connectivity index (χ3v) is 5.66. The van der Waals surface area contributed by atoms with Crippen molar-refractivity contribution in [1.29, 1.82) is 0 Å². The minimum Gasteiger partial charge on any atom is -0.350 e. The molecule has 1 fully saturated rings. The molecule has 0 bridgehead atoms. The molecular formula is C20H32N4O3S. The van der Waals surface area contributed by atoms with Crippen LogP contribution in [0.15, 0.2) is 11.6 Å². The number of amides is 3. The lowest BCUT2D eigenvalue weighted by atomic mass is 9.69. The number of hydrogen-bond acceptors (Lipinski definition) is 5. The Morgan fingerprint density at radius 1 is 1.14 bits per heavy atom. The van der Waals surface area contributed by atoms with E-state index in [1.165, 1.54) is 16.2 Å². The van der Waals surface area contributed by atoms with Gasteiger partial charge in [-0.25, -0.2) is 4.98 Å². The second-order valence-electron chi connectivity index (χ2n) is 8.85. The lowest BCUT2D eigenvalue weighted by Crippen LogP contribution is -2.47. The second-order valence-corrected chi connectivity index (χ2v) is 9.74. The molecule has 0 saturated heterocycles. The predicted molar refractivity (Wildman–Crippen MR) is 111 cm³/mol. The predicted octanol–water partition coefficient (Wildman–Crippen LogP) is 3.19. The van der Waals surface area contributed by atoms with Gasteiger partial charge < -0.3 is 15.5 Å². The largest absolute Gasteiger partial charge is 0.350 e. The molecule has 1 aromatic rings. The number of rotatable bonds is 7. The van der Waals surface area contributed by atoms with E-state index >= 15 is 0 Å². The average Bonchev–Trinajstić information content (AvgIpc) is 3.06. The molecule has 0 spiro atoms. The maximum atomic E-state index is 12.8. The van der Waals surface area contributed by atoms with Crippen molar-refractivity contribution in [1.82, 2.24) is 15.2 Å². The third-order valence-electron chi connectivity index (χ3n) is 4.98. The molecule has 8 heteroatoms. The summed E-state index contributed by atoms with van der Waals surface area (Å²) >= 11 is 1.38. The number of carbonyl (C=O) groups excluding carboxylic acids is 3. The average molecular weight is 409 g/mol. The van der Waals surface area contributed by atoms with Crippen LogP contribution < -0.4 is 10.6 Å². The molecule has 7 nitrogen and oxygen atoms in total. The van der Waals surface area contributed by atoms with Gasteiger partial charge in [0.15, 0.2) is 5.13 Å². The van der Waals surface area contributed by atoms with Crippen LogP contribution in [-0.2, 0) is 14.4 Å². The van der Waals surface area contributed by atoms with E-state index in [1.54, 1.807) is 13.2 Å². The Morgan fingerprint density at radius 2 is 1.82 bits per heavy atom. The molecule has 1 aliphatic carbocycles. The molecular weight excluding hydrogens is 376 g/mol. The van der Waals surface area contributed by atoms with Crippen molar-refractivity contribution in [3.8, 4) is 0 Å². The Morgan fingerprint density at radius 3 is 2.39 bits per heavy atom. The van der Waals surface area contributed by atoms with Gasteiger partial charge in [0.25, 0.3) is 0 Å². The maximum absolute atomic E-state index is 12.8. The number of carbonyl (C=O) groups is 3. The van der Waals surface area contributed by atoms with Crippen LogP contribution in [0.4, 0.5) is 5.13 Å². The van der Waals surface area contributed by atoms with Gasteiger partial charge in [-0.1, -0.05) is 19.3 Å². The zero-order chi connectivity index (χ0) is 20.8. The van der Waals surface area contributed by atoms with E-state index in [9.17, 15) is 14.4 Å². The third kappa shape index (κ3) is 7.22. The lowest BCUT2D eigenvalue weighted by molar-refractivity contribution is -0.138. The minimum atomic E-state index is -0.342. The van der Waals surface area contributed by atoms with Gasteiger partial charge in [-0.2, -0.15) is 0 Å². The quantitative estimate of drug-likeness (QED) is 0.725. The van der Waals surface area contributed by atoms with Gasteiger partial charge in [-0.05, 0) is 39.0 Å². The smallest absolute Gasteiger partial charge is 0.240 e. The molecule has 156 valence electrons. The summed E-state index contributed by atoms with van der Waals surface area (Å²) in [6.45, 7) is 5.75. The van der Waals surface area contributed by atoms with E-state index in [0.717, 1.165) is 32.1 Å². The first-order valence-corrected chi connectivity index (χ1v) is 10.7. The van der Waals surface area contributed by atoms with Gasteiger partial charge in [-0.3, -0.25) is 14.4 Å². The van der Waals surface area contributed by atoms with Crippen LogP contribution in [0.2, 0.25) is 0 Å². The molecule has 3 amide bonds. The van der Waals surface area contributed by atoms with Gasteiger partial charge in [0.1, 0.15) is 0 Å². The number of nitrogens with one attached hydrogen (secondary N) is 2. The number of anilines is 1. The first-order valence-electron chi connectivity index (χ1n) is 9.83. The molecule has 0 radical (unpaired) electrons. The molecule has 28 heavy (non-hydrogen) atoms. The summed E-state index contributed by atoms with van der Waals surface area (Å²) in [5.41, 5.74) is -0.676. The van der Waals surface area contributed by atoms with E-state index < -0.39 is 0 Å². The first-order chi connectivity index (χ1) is 13.1. The van der Waals surface area contributed by atoms with Crippen molar-refractivity contribution >= 4 is 34.2 Å². The SMILES string of the molecule is CN(CC(=O)NC(C)(C)C)C(=O)CC1(CC(=O)Nc2nccs2)CCCCC1. The summed E-state index contributed by atoms with van der Waals surface area (Å²) in [5.74, 6) is -0.367. The molecule has 2 N–H and O–H groups in total. The fourth-order valence-electron chi connectivity index (χ4n) is 3.72. The molecule has 0 unspecified atom stereocenters. The van der Waals surface area contributed by atoms with Crippen LogP contribution in [0.1, 0.15) is 65.7 Å². The van der Waals surface area contributed by atoms with E-state index in [-0.39, 0.29) is 41.6 Å². The molecule has 0 aliphatic heterocycles. The number of likely N-dealkylation sites (N-methyl/N-ethyl adjacent to an activating group) is 1. The van der Waals surface area contributed by atoms with Crippen molar-refractivity contribution in [2.75, 3.05) is 18.9 Å². The fourth-order valence-corrected chi connectivity index (χ4v) is 4.27. The van der Waals surface area contributed by atoms with Crippen LogP contribution in [0.3, 0.4) is 0 Å². The highest BCUT2D eigenvalue weighted by Crippen LogP contribution is 2.43. The van der Waals surface area contributed by atoms with E-state index in [1.807, 2.05) is 26.2 Å². The first kappa shape index (κ1) is 22.3. The van der Waals surface area contributed by atoms with Crippen LogP contribution in [-0.4, -0.2) is 46.7 Å². The standard InChI is InChI=1S/C20H32N4O3S/c1-19(2,3)23-16(26)14-24(4)17(27)13-20(8-6-5-7-9-20)12-15(25)22-18-21-10-11-28-18/h10-11H,5-9,12-14H2,1-4H3,(H,23,26)(H,21,22,25). The monoisotopic (exact) mass is 408 g/mol. The van der Waals surface area contributed by atoms with Crippen LogP contribution in [0, 0.1) is 5.41 Å². The minimum absolute atomic E-state index is 0.0253. The van der Waals surface area contributed by atoms with Crippen molar-refractivity contribution in [2.45, 2.75) is 71.3 Å². The number of aromatic nitrogens is 1. The summed E-state index contributed by atoms with van der Waals surface area (Å²) in [4.78, 5) is 43.0. The molecule has 1 aromatic heterocycles. The molecule has 1 saturated carbocycles. The van der Waals surface area contributed by atoms with Gasteiger partial charge in [0, 0.05) is 37.0 Å². The summed E-state index contributed by atoms with van der Waals surface area (Å²) in [6.07, 6.45) is 7.12. The van der Waals surface area contributed by atoms with E-state index in [4.69, 9.17) is 0 Å². The second kappa shape index (κ2) is 9.49. The van der Waals surface area contributed by atoms with E-state index in [2.05, 4.69) is 15.6 Å². The molecule has 0 atom stereocenters. The lowest BCUT2D eigenvalue weighted by Gasteiger charge is -2.37. The molecule has 1 aliphatic rings. The number of hydrogen-bond donors (Lipinski definition) is 2. The summed E-state index contributed by atoms with van der Waals surface area (Å²) in [5, 5.41) is 8.10. The highest BCUT2D eigenvalue weighted by Gasteiger charge is 2.37. The maximum Gasteiger partial charge on any atom is 0.240 e. The summed E-state index contributed by atoms with van der Waals surface area (Å²) in [6, 6.07) is 0. The Balaban J connectivity index is 1.97. The van der Waals surface area contributed by atoms with Gasteiger partial charge in [0.05, 0.1) is 6.54 Å². The van der Waals surface area contributed by atoms with Crippen LogP contribution in [0.5, 0.6) is 0 Å².